The van der Waals surface area contributed by atoms with Gasteiger partial charge in [0.25, 0.3) is 0 Å². The second-order valence-electron chi connectivity index (χ2n) is 6.37. The largest absolute Gasteiger partial charge is 0.310 e. The SMILES string of the molecule is Ic1ccc(I)c(C2=NCCC2)c1.Ic1ccc(I)c(C2CCCN2)c1. The van der Waals surface area contributed by atoms with E-state index in [0.29, 0.717) is 6.04 Å². The molecule has 1 N–H and O–H groups in total. The van der Waals surface area contributed by atoms with E-state index >= 15 is 0 Å². The van der Waals surface area contributed by atoms with Crippen molar-refractivity contribution >= 4 is 96.1 Å². The van der Waals surface area contributed by atoms with Gasteiger partial charge >= 0.3 is 0 Å². The Morgan fingerprint density at radius 2 is 1.62 bits per heavy atom. The Bertz CT molecular complexity index is 798. The van der Waals surface area contributed by atoms with Crippen LogP contribution < -0.4 is 5.32 Å². The second-order valence-corrected chi connectivity index (χ2v) is 11.2. The van der Waals surface area contributed by atoms with Gasteiger partial charge in [0.2, 0.25) is 0 Å². The highest BCUT2D eigenvalue weighted by Crippen LogP contribution is 2.28. The zero-order chi connectivity index (χ0) is 18.5. The number of nitrogens with one attached hydrogen (secondary N) is 1. The molecule has 0 bridgehead atoms. The maximum absolute atomic E-state index is 4.52. The first-order valence-corrected chi connectivity index (χ1v) is 13.0. The maximum Gasteiger partial charge on any atom is 0.0432 e. The van der Waals surface area contributed by atoms with Crippen molar-refractivity contribution in [1.29, 1.82) is 0 Å². The minimum absolute atomic E-state index is 0.599. The van der Waals surface area contributed by atoms with Gasteiger partial charge in [-0.2, -0.15) is 0 Å². The van der Waals surface area contributed by atoms with Gasteiger partial charge in [0.15, 0.2) is 0 Å². The molecule has 138 valence electrons. The van der Waals surface area contributed by atoms with Gasteiger partial charge in [0.05, 0.1) is 0 Å². The van der Waals surface area contributed by atoms with E-state index in [1.807, 2.05) is 0 Å². The van der Waals surface area contributed by atoms with Crippen LogP contribution in [0.25, 0.3) is 0 Å². The van der Waals surface area contributed by atoms with E-state index in [2.05, 4.69) is 137 Å². The van der Waals surface area contributed by atoms with E-state index in [1.165, 1.54) is 56.9 Å². The molecule has 0 spiro atoms. The van der Waals surface area contributed by atoms with Crippen molar-refractivity contribution in [3.05, 3.63) is 61.8 Å². The molecule has 0 radical (unpaired) electrons. The van der Waals surface area contributed by atoms with Crippen molar-refractivity contribution < 1.29 is 0 Å². The van der Waals surface area contributed by atoms with Crippen LogP contribution >= 0.6 is 90.4 Å². The van der Waals surface area contributed by atoms with Crippen LogP contribution in [0, 0.1) is 14.3 Å². The van der Waals surface area contributed by atoms with Crippen molar-refractivity contribution in [3.8, 4) is 0 Å². The van der Waals surface area contributed by atoms with E-state index in [-0.39, 0.29) is 0 Å². The van der Waals surface area contributed by atoms with Crippen LogP contribution in [0.2, 0.25) is 0 Å². The van der Waals surface area contributed by atoms with Crippen LogP contribution in [0.5, 0.6) is 0 Å². The summed E-state index contributed by atoms with van der Waals surface area (Å²) in [5, 5.41) is 3.53. The topological polar surface area (TPSA) is 24.4 Å². The molecule has 0 aromatic heterocycles. The number of hydrogen-bond acceptors (Lipinski definition) is 2. The highest BCUT2D eigenvalue weighted by atomic mass is 127. The Labute approximate surface area is 210 Å². The van der Waals surface area contributed by atoms with E-state index < -0.39 is 0 Å². The Kier molecular flexibility index (Phi) is 8.91. The molecular formula is C20H20I4N2. The quantitative estimate of drug-likeness (QED) is 0.333. The number of halogens is 4. The third-order valence-electron chi connectivity index (χ3n) is 4.51. The van der Waals surface area contributed by atoms with E-state index in [4.69, 9.17) is 0 Å². The van der Waals surface area contributed by atoms with E-state index in [0.717, 1.165) is 13.0 Å². The van der Waals surface area contributed by atoms with E-state index in [9.17, 15) is 0 Å². The molecule has 1 fully saturated rings. The summed E-state index contributed by atoms with van der Waals surface area (Å²) in [7, 11) is 0. The van der Waals surface area contributed by atoms with Crippen LogP contribution in [-0.4, -0.2) is 18.8 Å². The molecule has 1 atom stereocenters. The fourth-order valence-corrected chi connectivity index (χ4v) is 5.57. The average Bonchev–Trinajstić information content (AvgIpc) is 3.33. The van der Waals surface area contributed by atoms with Crippen molar-refractivity contribution in [3.63, 3.8) is 0 Å². The summed E-state index contributed by atoms with van der Waals surface area (Å²) in [5.41, 5.74) is 4.11. The highest BCUT2D eigenvalue weighted by Gasteiger charge is 2.18. The normalized spacial score (nSPS) is 19.1. The first kappa shape index (κ1) is 21.7. The second kappa shape index (κ2) is 10.7. The van der Waals surface area contributed by atoms with Crippen LogP contribution in [-0.2, 0) is 0 Å². The van der Waals surface area contributed by atoms with Crippen LogP contribution in [0.4, 0.5) is 0 Å². The fraction of sp³-hybridized carbons (Fsp3) is 0.350. The minimum atomic E-state index is 0.599. The highest BCUT2D eigenvalue weighted by molar-refractivity contribution is 14.1. The fourth-order valence-electron chi connectivity index (χ4n) is 3.21. The van der Waals surface area contributed by atoms with Gasteiger partial charge in [-0.25, -0.2) is 0 Å². The lowest BCUT2D eigenvalue weighted by molar-refractivity contribution is 0.644. The van der Waals surface area contributed by atoms with Gasteiger partial charge in [-0.05, 0) is 165 Å². The van der Waals surface area contributed by atoms with Crippen molar-refractivity contribution in [2.45, 2.75) is 31.7 Å². The molecule has 1 unspecified atom stereocenters. The molecule has 26 heavy (non-hydrogen) atoms. The van der Waals surface area contributed by atoms with Crippen LogP contribution in [0.1, 0.15) is 42.9 Å². The van der Waals surface area contributed by atoms with Gasteiger partial charge in [-0.15, -0.1) is 0 Å². The zero-order valence-electron chi connectivity index (χ0n) is 14.2. The predicted molar refractivity (Wildman–Crippen MR) is 144 cm³/mol. The third-order valence-corrected chi connectivity index (χ3v) is 7.77. The summed E-state index contributed by atoms with van der Waals surface area (Å²) in [6, 6.07) is 13.8. The standard InChI is InChI=1S/C10H11I2N.C10H9I2N/c2*11-7-3-4-9(12)8(6-7)10-2-1-5-13-10/h3-4,6,10,13H,1-2,5H2;3-4,6H,1-2,5H2. The maximum atomic E-state index is 4.52. The molecule has 2 nitrogen and oxygen atoms in total. The number of hydrogen-bond donors (Lipinski definition) is 1. The van der Waals surface area contributed by atoms with Gasteiger partial charge in [-0.1, -0.05) is 0 Å². The third kappa shape index (κ3) is 5.99. The monoisotopic (exact) mass is 796 g/mol. The van der Waals surface area contributed by atoms with Crippen LogP contribution in [0.3, 0.4) is 0 Å². The summed E-state index contributed by atoms with van der Waals surface area (Å²) >= 11 is 9.53. The lowest BCUT2D eigenvalue weighted by Crippen LogP contribution is -2.14. The summed E-state index contributed by atoms with van der Waals surface area (Å²) in [6.45, 7) is 2.18. The number of rotatable bonds is 2. The summed E-state index contributed by atoms with van der Waals surface area (Å²) in [5.74, 6) is 0. The number of nitrogens with zero attached hydrogens (tertiary/aromatic N) is 1. The molecule has 2 aromatic carbocycles. The molecule has 2 aromatic rings. The Balaban J connectivity index is 0.000000151. The lowest BCUT2D eigenvalue weighted by atomic mass is 10.1. The van der Waals surface area contributed by atoms with Crippen molar-refractivity contribution in [2.75, 3.05) is 13.1 Å². The summed E-state index contributed by atoms with van der Waals surface area (Å²) < 4.78 is 5.33. The Hall–Kier alpha value is 0.990. The average molecular weight is 796 g/mol. The van der Waals surface area contributed by atoms with Crippen molar-refractivity contribution in [2.24, 2.45) is 4.99 Å². The van der Waals surface area contributed by atoms with Crippen LogP contribution in [0.15, 0.2) is 41.4 Å². The number of aliphatic imine (C=N–C) groups is 1. The first-order chi connectivity index (χ1) is 12.5. The Morgan fingerprint density at radius 3 is 2.27 bits per heavy atom. The first-order valence-electron chi connectivity index (χ1n) is 8.71. The molecule has 2 heterocycles. The van der Waals surface area contributed by atoms with Gasteiger partial charge in [-0.3, -0.25) is 4.99 Å². The molecular weight excluding hydrogens is 776 g/mol. The Morgan fingerprint density at radius 1 is 0.885 bits per heavy atom. The van der Waals surface area contributed by atoms with Crippen molar-refractivity contribution in [1.82, 2.24) is 5.32 Å². The number of benzene rings is 2. The van der Waals surface area contributed by atoms with Gasteiger partial charge in [0.1, 0.15) is 0 Å². The van der Waals surface area contributed by atoms with E-state index in [1.54, 1.807) is 0 Å². The summed E-state index contributed by atoms with van der Waals surface area (Å²) in [6.07, 6.45) is 4.97. The lowest BCUT2D eigenvalue weighted by Gasteiger charge is -2.12. The molecule has 6 heteroatoms. The van der Waals surface area contributed by atoms with Gasteiger partial charge < -0.3 is 5.32 Å². The minimum Gasteiger partial charge on any atom is -0.310 e. The molecule has 0 aliphatic carbocycles. The van der Waals surface area contributed by atoms with Gasteiger partial charge in [0, 0.05) is 38.1 Å². The molecule has 0 amide bonds. The molecule has 0 saturated carbocycles. The summed E-state index contributed by atoms with van der Waals surface area (Å²) in [4.78, 5) is 4.52. The zero-order valence-corrected chi connectivity index (χ0v) is 22.9. The molecule has 4 rings (SSSR count). The predicted octanol–water partition coefficient (Wildman–Crippen LogP) is 6.80. The molecule has 2 aliphatic heterocycles. The molecule has 1 saturated heterocycles. The molecule has 2 aliphatic rings. The smallest absolute Gasteiger partial charge is 0.0432 e.